The maximum atomic E-state index is 6.10. The van der Waals surface area contributed by atoms with E-state index in [-0.39, 0.29) is 0 Å². The van der Waals surface area contributed by atoms with E-state index in [0.717, 1.165) is 22.7 Å². The lowest BCUT2D eigenvalue weighted by Crippen LogP contribution is -2.19. The van der Waals surface area contributed by atoms with Gasteiger partial charge in [-0.2, -0.15) is 0 Å². The van der Waals surface area contributed by atoms with Crippen LogP contribution in [0, 0.1) is 11.8 Å². The molecule has 1 fully saturated rings. The molecule has 0 amide bonds. The Labute approximate surface area is 120 Å². The van der Waals surface area contributed by atoms with Gasteiger partial charge in [-0.25, -0.2) is 4.98 Å². The van der Waals surface area contributed by atoms with Gasteiger partial charge in [0.15, 0.2) is 0 Å². The molecule has 1 N–H and O–H groups in total. The quantitative estimate of drug-likeness (QED) is 0.814. The smallest absolute Gasteiger partial charge is 0.144 e. The van der Waals surface area contributed by atoms with E-state index >= 15 is 0 Å². The van der Waals surface area contributed by atoms with Crippen molar-refractivity contribution in [3.8, 4) is 0 Å². The van der Waals surface area contributed by atoms with Gasteiger partial charge in [0.25, 0.3) is 0 Å². The van der Waals surface area contributed by atoms with Gasteiger partial charge in [-0.15, -0.1) is 11.6 Å². The van der Waals surface area contributed by atoms with Crippen LogP contribution in [0.2, 0.25) is 5.02 Å². The minimum atomic E-state index is 0.637. The van der Waals surface area contributed by atoms with Gasteiger partial charge in [0.1, 0.15) is 5.82 Å². The van der Waals surface area contributed by atoms with E-state index in [0.29, 0.717) is 16.9 Å². The number of halogens is 3. The summed E-state index contributed by atoms with van der Waals surface area (Å²) in [5.41, 5.74) is 0. The van der Waals surface area contributed by atoms with Crippen LogP contribution in [0.3, 0.4) is 0 Å². The highest BCUT2D eigenvalue weighted by Crippen LogP contribution is 2.33. The summed E-state index contributed by atoms with van der Waals surface area (Å²) in [6.07, 6.45) is 5.53. The Morgan fingerprint density at radius 3 is 2.88 bits per heavy atom. The first-order chi connectivity index (χ1) is 8.20. The number of hydrogen-bond donors (Lipinski definition) is 1. The number of pyridine rings is 1. The number of alkyl halides is 1. The molecule has 2 atom stereocenters. The summed E-state index contributed by atoms with van der Waals surface area (Å²) in [5, 5.41) is 3.98. The third kappa shape index (κ3) is 3.49. The maximum Gasteiger partial charge on any atom is 0.144 e. The minimum absolute atomic E-state index is 0.637. The molecule has 0 saturated heterocycles. The van der Waals surface area contributed by atoms with Crippen LogP contribution in [0.1, 0.15) is 19.3 Å². The fraction of sp³-hybridized carbons (Fsp3) is 0.583. The average Bonchev–Trinajstić information content (AvgIpc) is 2.75. The lowest BCUT2D eigenvalue weighted by atomic mass is 9.98. The predicted octanol–water partition coefficient (Wildman–Crippen LogP) is 4.56. The van der Waals surface area contributed by atoms with Gasteiger partial charge >= 0.3 is 0 Å². The number of rotatable bonds is 4. The van der Waals surface area contributed by atoms with E-state index in [1.807, 2.05) is 6.07 Å². The van der Waals surface area contributed by atoms with Gasteiger partial charge in [-0.05, 0) is 46.7 Å². The Hall–Kier alpha value is 0.01000. The first-order valence-corrected chi connectivity index (χ1v) is 7.52. The Morgan fingerprint density at radius 2 is 2.18 bits per heavy atom. The van der Waals surface area contributed by atoms with Crippen molar-refractivity contribution < 1.29 is 0 Å². The van der Waals surface area contributed by atoms with Gasteiger partial charge in [-0.3, -0.25) is 0 Å². The van der Waals surface area contributed by atoms with Crippen LogP contribution in [0.5, 0.6) is 0 Å². The average molecular weight is 338 g/mol. The molecule has 94 valence electrons. The van der Waals surface area contributed by atoms with Crippen molar-refractivity contribution in [1.29, 1.82) is 0 Å². The van der Waals surface area contributed by atoms with E-state index in [9.17, 15) is 0 Å². The molecule has 2 nitrogen and oxygen atoms in total. The Morgan fingerprint density at radius 1 is 1.41 bits per heavy atom. The molecule has 0 bridgehead atoms. The summed E-state index contributed by atoms with van der Waals surface area (Å²) in [4.78, 5) is 4.27. The second-order valence-electron chi connectivity index (χ2n) is 4.47. The summed E-state index contributed by atoms with van der Waals surface area (Å²) in [6, 6.07) is 1.85. The van der Waals surface area contributed by atoms with E-state index < -0.39 is 0 Å². The molecule has 0 radical (unpaired) electrons. The second kappa shape index (κ2) is 6.26. The first kappa shape index (κ1) is 13.4. The fourth-order valence-electron chi connectivity index (χ4n) is 2.36. The van der Waals surface area contributed by atoms with Crippen LogP contribution in [0.4, 0.5) is 5.82 Å². The van der Waals surface area contributed by atoms with E-state index in [4.69, 9.17) is 23.2 Å². The molecule has 0 spiro atoms. The molecule has 1 aromatic heterocycles. The molecular weight excluding hydrogens is 323 g/mol. The molecule has 5 heteroatoms. The highest BCUT2D eigenvalue weighted by molar-refractivity contribution is 9.10. The van der Waals surface area contributed by atoms with Gasteiger partial charge in [-0.1, -0.05) is 18.0 Å². The number of hydrogen-bond acceptors (Lipinski definition) is 2. The van der Waals surface area contributed by atoms with E-state index in [1.54, 1.807) is 6.20 Å². The number of anilines is 1. The largest absolute Gasteiger partial charge is 0.369 e. The fourth-order valence-corrected chi connectivity index (χ4v) is 3.46. The highest BCUT2D eigenvalue weighted by Gasteiger charge is 2.26. The van der Waals surface area contributed by atoms with Crippen LogP contribution in [0.25, 0.3) is 0 Å². The van der Waals surface area contributed by atoms with Crippen LogP contribution in [-0.4, -0.2) is 17.4 Å². The number of nitrogens with zero attached hydrogens (tertiary/aromatic N) is 1. The lowest BCUT2D eigenvalue weighted by molar-refractivity contribution is 0.444. The van der Waals surface area contributed by atoms with Crippen molar-refractivity contribution in [3.63, 3.8) is 0 Å². The first-order valence-electron chi connectivity index (χ1n) is 5.81. The third-order valence-corrected chi connectivity index (χ3v) is 4.47. The molecule has 1 aliphatic rings. The standard InChI is InChI=1S/C12H15BrCl2N2/c13-10-4-11(15)12(17-7-10)16-6-9-3-1-2-8(9)5-14/h4,7-9H,1-3,5-6H2,(H,16,17). The van der Waals surface area contributed by atoms with E-state index in [2.05, 4.69) is 26.2 Å². The molecule has 1 saturated carbocycles. The Balaban J connectivity index is 1.93. The number of aromatic nitrogens is 1. The Bertz CT molecular complexity index is 387. The van der Waals surface area contributed by atoms with Crippen molar-refractivity contribution in [3.05, 3.63) is 21.8 Å². The van der Waals surface area contributed by atoms with Gasteiger partial charge in [0.2, 0.25) is 0 Å². The molecule has 2 unspecified atom stereocenters. The van der Waals surface area contributed by atoms with Crippen LogP contribution < -0.4 is 5.32 Å². The highest BCUT2D eigenvalue weighted by atomic mass is 79.9. The zero-order valence-electron chi connectivity index (χ0n) is 9.43. The predicted molar refractivity (Wildman–Crippen MR) is 77.0 cm³/mol. The normalized spacial score (nSPS) is 23.9. The minimum Gasteiger partial charge on any atom is -0.369 e. The van der Waals surface area contributed by atoms with Crippen molar-refractivity contribution in [2.45, 2.75) is 19.3 Å². The molecule has 17 heavy (non-hydrogen) atoms. The van der Waals surface area contributed by atoms with E-state index in [1.165, 1.54) is 19.3 Å². The maximum absolute atomic E-state index is 6.10. The van der Waals surface area contributed by atoms with Crippen LogP contribution >= 0.6 is 39.1 Å². The van der Waals surface area contributed by atoms with Crippen molar-refractivity contribution >= 4 is 44.9 Å². The molecule has 2 rings (SSSR count). The van der Waals surface area contributed by atoms with Crippen LogP contribution in [0.15, 0.2) is 16.7 Å². The van der Waals surface area contributed by atoms with Gasteiger partial charge in [0, 0.05) is 23.1 Å². The summed E-state index contributed by atoms with van der Waals surface area (Å²) in [6.45, 7) is 0.908. The van der Waals surface area contributed by atoms with Crippen molar-refractivity contribution in [2.75, 3.05) is 17.7 Å². The number of nitrogens with one attached hydrogen (secondary N) is 1. The zero-order valence-corrected chi connectivity index (χ0v) is 12.5. The molecular formula is C12H15BrCl2N2. The van der Waals surface area contributed by atoms with Crippen molar-refractivity contribution in [2.24, 2.45) is 11.8 Å². The topological polar surface area (TPSA) is 24.9 Å². The van der Waals surface area contributed by atoms with Gasteiger partial charge < -0.3 is 5.32 Å². The molecule has 1 heterocycles. The lowest BCUT2D eigenvalue weighted by Gasteiger charge is -2.18. The molecule has 1 aliphatic carbocycles. The molecule has 0 aliphatic heterocycles. The monoisotopic (exact) mass is 336 g/mol. The summed E-state index contributed by atoms with van der Waals surface area (Å²) >= 11 is 15.4. The SMILES string of the molecule is ClCC1CCCC1CNc1ncc(Br)cc1Cl. The zero-order chi connectivity index (χ0) is 12.3. The summed E-state index contributed by atoms with van der Waals surface area (Å²) < 4.78 is 0.896. The summed E-state index contributed by atoms with van der Waals surface area (Å²) in [5.74, 6) is 2.80. The second-order valence-corrected chi connectivity index (χ2v) is 6.10. The third-order valence-electron chi connectivity index (χ3n) is 3.35. The molecule has 0 aromatic carbocycles. The van der Waals surface area contributed by atoms with Gasteiger partial charge in [0.05, 0.1) is 5.02 Å². The Kier molecular flexibility index (Phi) is 4.95. The molecule has 1 aromatic rings. The van der Waals surface area contributed by atoms with Crippen LogP contribution in [-0.2, 0) is 0 Å². The summed E-state index contributed by atoms with van der Waals surface area (Å²) in [7, 11) is 0. The van der Waals surface area contributed by atoms with Crippen molar-refractivity contribution in [1.82, 2.24) is 4.98 Å².